The fourth-order valence-electron chi connectivity index (χ4n) is 3.89. The molecule has 2 N–H and O–H groups in total. The molecule has 4 aromatic rings. The van der Waals surface area contributed by atoms with Crippen molar-refractivity contribution in [1.82, 2.24) is 15.0 Å². The molecule has 0 unspecified atom stereocenters. The van der Waals surface area contributed by atoms with Gasteiger partial charge in [0, 0.05) is 23.8 Å². The molecule has 9 nitrogen and oxygen atoms in total. The summed E-state index contributed by atoms with van der Waals surface area (Å²) in [5, 5.41) is 8.10. The molecule has 0 aliphatic carbocycles. The van der Waals surface area contributed by atoms with Crippen molar-refractivity contribution in [3.05, 3.63) is 95.0 Å². The number of aromatic nitrogens is 3. The monoisotopic (exact) mass is 527 g/mol. The number of hydrogen-bond acceptors (Lipinski definition) is 9. The number of hydrogen-bond donors (Lipinski definition) is 2. The minimum Gasteiger partial charge on any atom is -0.423 e. The van der Waals surface area contributed by atoms with Gasteiger partial charge in [-0.3, -0.25) is 0 Å². The molecule has 2 heterocycles. The molecule has 1 saturated heterocycles. The Kier molecular flexibility index (Phi) is 8.05. The van der Waals surface area contributed by atoms with Gasteiger partial charge in [0.15, 0.2) is 0 Å². The minimum atomic E-state index is -0.455. The van der Waals surface area contributed by atoms with E-state index in [0.29, 0.717) is 34.2 Å². The number of halogens is 1. The molecule has 0 amide bonds. The number of para-hydroxylation sites is 1. The molecule has 1 aromatic heterocycles. The summed E-state index contributed by atoms with van der Waals surface area (Å²) in [4.78, 5) is 28.2. The summed E-state index contributed by atoms with van der Waals surface area (Å²) in [6.07, 6.45) is 5.07. The molecule has 192 valence electrons. The van der Waals surface area contributed by atoms with Crippen molar-refractivity contribution in [2.75, 3.05) is 28.7 Å². The van der Waals surface area contributed by atoms with Crippen LogP contribution in [-0.4, -0.2) is 40.2 Å². The highest BCUT2D eigenvalue weighted by atomic mass is 35.5. The van der Waals surface area contributed by atoms with E-state index in [-0.39, 0.29) is 0 Å². The first-order chi connectivity index (χ1) is 18.6. The third-order valence-corrected chi connectivity index (χ3v) is 6.09. The standard InChI is InChI=1S/C28H26ClN7O2/c29-22-13-11-21(12-14-22)25(37)38-24-15-9-20(10-16-24)19-30-35-27-32-26(31-23-7-3-1-4-8-23)33-28(34-27)36-17-5-2-6-18-36/h1,3-4,7-16,19H,2,5-6,17-18H2,(H2,31,32,33,34,35)/b30-19+. The van der Waals surface area contributed by atoms with E-state index in [1.807, 2.05) is 30.3 Å². The summed E-state index contributed by atoms with van der Waals surface area (Å²) in [6.45, 7) is 1.82. The average molecular weight is 528 g/mol. The summed E-state index contributed by atoms with van der Waals surface area (Å²) < 4.78 is 5.42. The highest BCUT2D eigenvalue weighted by molar-refractivity contribution is 6.30. The maximum absolute atomic E-state index is 12.3. The third-order valence-electron chi connectivity index (χ3n) is 5.84. The second kappa shape index (κ2) is 12.2. The van der Waals surface area contributed by atoms with E-state index in [4.69, 9.17) is 16.3 Å². The number of ether oxygens (including phenoxy) is 1. The van der Waals surface area contributed by atoms with E-state index in [0.717, 1.165) is 37.2 Å². The predicted octanol–water partition coefficient (Wildman–Crippen LogP) is 5.92. The summed E-state index contributed by atoms with van der Waals surface area (Å²) in [5.74, 6) is 1.36. The second-order valence-corrected chi connectivity index (χ2v) is 9.09. The van der Waals surface area contributed by atoms with Crippen LogP contribution in [0.4, 0.5) is 23.5 Å². The van der Waals surface area contributed by atoms with Crippen LogP contribution < -0.4 is 20.4 Å². The normalized spacial score (nSPS) is 13.3. The molecule has 3 aromatic carbocycles. The molecular weight excluding hydrogens is 502 g/mol. The first-order valence-electron chi connectivity index (χ1n) is 12.3. The zero-order chi connectivity index (χ0) is 26.2. The maximum Gasteiger partial charge on any atom is 0.343 e. The topological polar surface area (TPSA) is 105 Å². The van der Waals surface area contributed by atoms with Gasteiger partial charge in [-0.25, -0.2) is 10.2 Å². The molecule has 10 heteroatoms. The Bertz CT molecular complexity index is 1390. The van der Waals surface area contributed by atoms with Crippen molar-refractivity contribution in [2.45, 2.75) is 19.3 Å². The Hall–Kier alpha value is -4.50. The van der Waals surface area contributed by atoms with Gasteiger partial charge in [0.2, 0.25) is 17.8 Å². The largest absolute Gasteiger partial charge is 0.423 e. The first kappa shape index (κ1) is 25.2. The molecule has 1 fully saturated rings. The molecule has 0 radical (unpaired) electrons. The lowest BCUT2D eigenvalue weighted by Gasteiger charge is -2.26. The summed E-state index contributed by atoms with van der Waals surface area (Å²) in [5.41, 5.74) is 5.03. The van der Waals surface area contributed by atoms with Crippen LogP contribution in [0, 0.1) is 0 Å². The number of esters is 1. The third kappa shape index (κ3) is 6.83. The van der Waals surface area contributed by atoms with E-state index in [1.165, 1.54) is 6.42 Å². The molecule has 0 saturated carbocycles. The Morgan fingerprint density at radius 3 is 2.32 bits per heavy atom. The van der Waals surface area contributed by atoms with Gasteiger partial charge in [-0.1, -0.05) is 29.8 Å². The second-order valence-electron chi connectivity index (χ2n) is 8.66. The van der Waals surface area contributed by atoms with Gasteiger partial charge in [0.25, 0.3) is 0 Å². The Labute approximate surface area is 225 Å². The molecule has 5 rings (SSSR count). The highest BCUT2D eigenvalue weighted by Crippen LogP contribution is 2.21. The van der Waals surface area contributed by atoms with Crippen LogP contribution in [-0.2, 0) is 0 Å². The van der Waals surface area contributed by atoms with Gasteiger partial charge in [-0.15, -0.1) is 0 Å². The van der Waals surface area contributed by atoms with Crippen LogP contribution in [0.15, 0.2) is 84.0 Å². The highest BCUT2D eigenvalue weighted by Gasteiger charge is 2.16. The van der Waals surface area contributed by atoms with Gasteiger partial charge in [-0.2, -0.15) is 20.1 Å². The van der Waals surface area contributed by atoms with Gasteiger partial charge < -0.3 is 15.0 Å². The number of piperidine rings is 1. The zero-order valence-electron chi connectivity index (χ0n) is 20.5. The van der Waals surface area contributed by atoms with Crippen molar-refractivity contribution in [3.8, 4) is 5.75 Å². The van der Waals surface area contributed by atoms with E-state index in [9.17, 15) is 4.79 Å². The molecule has 0 spiro atoms. The van der Waals surface area contributed by atoms with Gasteiger partial charge in [-0.05, 0) is 85.5 Å². The minimum absolute atomic E-state index is 0.337. The van der Waals surface area contributed by atoms with E-state index >= 15 is 0 Å². The molecule has 0 bridgehead atoms. The van der Waals surface area contributed by atoms with Crippen LogP contribution in [0.1, 0.15) is 35.2 Å². The lowest BCUT2D eigenvalue weighted by molar-refractivity contribution is 0.0735. The maximum atomic E-state index is 12.3. The fourth-order valence-corrected chi connectivity index (χ4v) is 4.02. The fraction of sp³-hybridized carbons (Fsp3) is 0.179. The Morgan fingerprint density at radius 2 is 1.58 bits per heavy atom. The van der Waals surface area contributed by atoms with Crippen molar-refractivity contribution in [1.29, 1.82) is 0 Å². The Balaban J connectivity index is 1.25. The van der Waals surface area contributed by atoms with E-state index in [2.05, 4.69) is 35.7 Å². The first-order valence-corrected chi connectivity index (χ1v) is 12.7. The van der Waals surface area contributed by atoms with Crippen molar-refractivity contribution in [2.24, 2.45) is 5.10 Å². The lowest BCUT2D eigenvalue weighted by atomic mass is 10.1. The number of carbonyl (C=O) groups is 1. The van der Waals surface area contributed by atoms with Crippen molar-refractivity contribution >= 4 is 47.3 Å². The number of anilines is 4. The van der Waals surface area contributed by atoms with Gasteiger partial charge in [0.05, 0.1) is 11.8 Å². The van der Waals surface area contributed by atoms with Gasteiger partial charge >= 0.3 is 5.97 Å². The molecule has 0 atom stereocenters. The van der Waals surface area contributed by atoms with Gasteiger partial charge in [0.1, 0.15) is 5.75 Å². The number of nitrogens with one attached hydrogen (secondary N) is 2. The summed E-state index contributed by atoms with van der Waals surface area (Å²) >= 11 is 5.87. The molecular formula is C28H26ClN7O2. The SMILES string of the molecule is O=C(Oc1ccc(/C=N/Nc2nc(Nc3ccccc3)nc(N3CCCCC3)n2)cc1)c1ccc(Cl)cc1. The zero-order valence-corrected chi connectivity index (χ0v) is 21.3. The number of benzene rings is 3. The van der Waals surface area contributed by atoms with Crippen LogP contribution >= 0.6 is 11.6 Å². The van der Waals surface area contributed by atoms with Crippen molar-refractivity contribution < 1.29 is 9.53 Å². The predicted molar refractivity (Wildman–Crippen MR) is 150 cm³/mol. The average Bonchev–Trinajstić information content (AvgIpc) is 2.95. The number of carbonyl (C=O) groups excluding carboxylic acids is 1. The molecule has 1 aliphatic heterocycles. The van der Waals surface area contributed by atoms with Crippen molar-refractivity contribution in [3.63, 3.8) is 0 Å². The van der Waals surface area contributed by atoms with E-state index < -0.39 is 5.97 Å². The smallest absolute Gasteiger partial charge is 0.343 e. The molecule has 38 heavy (non-hydrogen) atoms. The summed E-state index contributed by atoms with van der Waals surface area (Å²) in [6, 6.07) is 23.3. The Morgan fingerprint density at radius 1 is 0.868 bits per heavy atom. The molecule has 1 aliphatic rings. The number of nitrogens with zero attached hydrogens (tertiary/aromatic N) is 5. The number of rotatable bonds is 8. The number of hydrazone groups is 1. The van der Waals surface area contributed by atoms with Crippen LogP contribution in [0.3, 0.4) is 0 Å². The van der Waals surface area contributed by atoms with Crippen LogP contribution in [0.2, 0.25) is 5.02 Å². The van der Waals surface area contributed by atoms with Crippen LogP contribution in [0.25, 0.3) is 0 Å². The lowest BCUT2D eigenvalue weighted by Crippen LogP contribution is -2.31. The van der Waals surface area contributed by atoms with E-state index in [1.54, 1.807) is 54.7 Å². The summed E-state index contributed by atoms with van der Waals surface area (Å²) in [7, 11) is 0. The quantitative estimate of drug-likeness (QED) is 0.126. The van der Waals surface area contributed by atoms with Crippen LogP contribution in [0.5, 0.6) is 5.75 Å².